The fourth-order valence-electron chi connectivity index (χ4n) is 3.53. The zero-order chi connectivity index (χ0) is 19.5. The van der Waals surface area contributed by atoms with Crippen molar-refractivity contribution in [1.29, 1.82) is 0 Å². The molecule has 0 spiro atoms. The van der Waals surface area contributed by atoms with E-state index in [0.717, 1.165) is 11.3 Å². The number of amides is 2. The second-order valence-electron chi connectivity index (χ2n) is 6.95. The van der Waals surface area contributed by atoms with Gasteiger partial charge in [-0.25, -0.2) is 0 Å². The Labute approximate surface area is 168 Å². The molecular weight excluding hydrogens is 380 g/mol. The first-order chi connectivity index (χ1) is 13.6. The summed E-state index contributed by atoms with van der Waals surface area (Å²) in [5, 5.41) is 3.44. The summed E-state index contributed by atoms with van der Waals surface area (Å²) in [6.45, 7) is 1.77. The van der Waals surface area contributed by atoms with Crippen LogP contribution in [0.2, 0.25) is 5.02 Å². The Balaban J connectivity index is 1.28. The van der Waals surface area contributed by atoms with Crippen molar-refractivity contribution >= 4 is 23.4 Å². The first-order valence-electron chi connectivity index (χ1n) is 9.32. The maximum absolute atomic E-state index is 12.6. The molecule has 4 rings (SSSR count). The van der Waals surface area contributed by atoms with E-state index in [0.29, 0.717) is 48.8 Å². The van der Waals surface area contributed by atoms with E-state index in [2.05, 4.69) is 5.32 Å². The predicted molar refractivity (Wildman–Crippen MR) is 104 cm³/mol. The van der Waals surface area contributed by atoms with Crippen LogP contribution in [0.3, 0.4) is 0 Å². The second kappa shape index (κ2) is 8.10. The smallest absolute Gasteiger partial charge is 0.255 e. The predicted octanol–water partition coefficient (Wildman–Crippen LogP) is 3.24. The Morgan fingerprint density at radius 3 is 2.61 bits per heavy atom. The Bertz CT molecular complexity index is 894. The van der Waals surface area contributed by atoms with Crippen molar-refractivity contribution in [1.82, 2.24) is 10.2 Å². The van der Waals surface area contributed by atoms with Crippen molar-refractivity contribution in [2.75, 3.05) is 19.9 Å². The summed E-state index contributed by atoms with van der Waals surface area (Å²) in [4.78, 5) is 26.9. The molecule has 1 N–H and O–H groups in total. The molecule has 28 heavy (non-hydrogen) atoms. The minimum atomic E-state index is -0.0932. The number of carbonyl (C=O) groups is 2. The summed E-state index contributed by atoms with van der Waals surface area (Å²) in [7, 11) is 0. The third kappa shape index (κ3) is 3.92. The van der Waals surface area contributed by atoms with E-state index in [4.69, 9.17) is 21.1 Å². The molecule has 0 saturated carbocycles. The molecule has 7 heteroatoms. The van der Waals surface area contributed by atoms with Crippen molar-refractivity contribution in [3.8, 4) is 11.5 Å². The van der Waals surface area contributed by atoms with Gasteiger partial charge in [-0.1, -0.05) is 29.8 Å². The molecular formula is C21H21ClN2O4. The van der Waals surface area contributed by atoms with Crippen molar-refractivity contribution in [2.45, 2.75) is 19.4 Å². The molecule has 0 radical (unpaired) electrons. The highest BCUT2D eigenvalue weighted by molar-refractivity contribution is 6.33. The van der Waals surface area contributed by atoms with Crippen molar-refractivity contribution in [2.24, 2.45) is 5.92 Å². The van der Waals surface area contributed by atoms with E-state index in [1.807, 2.05) is 18.2 Å². The lowest BCUT2D eigenvalue weighted by atomic mass is 9.95. The normalized spacial score (nSPS) is 16.1. The van der Waals surface area contributed by atoms with E-state index in [-0.39, 0.29) is 24.5 Å². The average molecular weight is 401 g/mol. The number of benzene rings is 2. The van der Waals surface area contributed by atoms with Crippen LogP contribution in [-0.4, -0.2) is 36.6 Å². The maximum Gasteiger partial charge on any atom is 0.255 e. The van der Waals surface area contributed by atoms with Gasteiger partial charge in [0.1, 0.15) is 0 Å². The Kier molecular flexibility index (Phi) is 5.39. The van der Waals surface area contributed by atoms with Crippen LogP contribution < -0.4 is 14.8 Å². The SMILES string of the molecule is O=C(NCc1ccc2c(c1)OCO2)C1CCN(C(=O)c2ccccc2Cl)CC1. The molecule has 2 amide bonds. The topological polar surface area (TPSA) is 67.9 Å². The molecule has 0 aliphatic carbocycles. The van der Waals surface area contributed by atoms with Crippen molar-refractivity contribution in [3.05, 3.63) is 58.6 Å². The number of rotatable bonds is 4. The van der Waals surface area contributed by atoms with E-state index < -0.39 is 0 Å². The van der Waals surface area contributed by atoms with Gasteiger partial charge in [-0.15, -0.1) is 0 Å². The summed E-state index contributed by atoms with van der Waals surface area (Å²) in [5.74, 6) is 1.28. The van der Waals surface area contributed by atoms with Crippen LogP contribution in [0, 0.1) is 5.92 Å². The fourth-order valence-corrected chi connectivity index (χ4v) is 3.75. The zero-order valence-corrected chi connectivity index (χ0v) is 16.1. The van der Waals surface area contributed by atoms with Gasteiger partial charge in [0.2, 0.25) is 12.7 Å². The molecule has 1 saturated heterocycles. The van der Waals surface area contributed by atoms with Crippen LogP contribution in [0.25, 0.3) is 0 Å². The Hall–Kier alpha value is -2.73. The molecule has 1 fully saturated rings. The van der Waals surface area contributed by atoms with E-state index >= 15 is 0 Å². The van der Waals surface area contributed by atoms with Gasteiger partial charge in [0, 0.05) is 25.6 Å². The maximum atomic E-state index is 12.6. The summed E-state index contributed by atoms with van der Waals surface area (Å²) < 4.78 is 10.7. The van der Waals surface area contributed by atoms with Crippen LogP contribution in [0.15, 0.2) is 42.5 Å². The van der Waals surface area contributed by atoms with E-state index in [9.17, 15) is 9.59 Å². The second-order valence-corrected chi connectivity index (χ2v) is 7.36. The summed E-state index contributed by atoms with van der Waals surface area (Å²) in [5.41, 5.74) is 1.47. The monoisotopic (exact) mass is 400 g/mol. The van der Waals surface area contributed by atoms with Gasteiger partial charge in [0.15, 0.2) is 11.5 Å². The average Bonchev–Trinajstić information content (AvgIpc) is 3.20. The first kappa shape index (κ1) is 18.6. The standard InChI is InChI=1S/C21H21ClN2O4/c22-17-4-2-1-3-16(17)21(26)24-9-7-15(8-10-24)20(25)23-12-14-5-6-18-19(11-14)28-13-27-18/h1-6,11,15H,7-10,12-13H2,(H,23,25). The van der Waals surface area contributed by atoms with Gasteiger partial charge in [-0.05, 0) is 42.7 Å². The number of carbonyl (C=O) groups excluding carboxylic acids is 2. The number of halogens is 1. The molecule has 2 heterocycles. The van der Waals surface area contributed by atoms with Gasteiger partial charge in [0.25, 0.3) is 5.91 Å². The Morgan fingerprint density at radius 2 is 1.82 bits per heavy atom. The minimum Gasteiger partial charge on any atom is -0.454 e. The molecule has 146 valence electrons. The fraction of sp³-hybridized carbons (Fsp3) is 0.333. The summed E-state index contributed by atoms with van der Waals surface area (Å²) in [6.07, 6.45) is 1.28. The zero-order valence-electron chi connectivity index (χ0n) is 15.3. The van der Waals surface area contributed by atoms with Gasteiger partial charge in [-0.2, -0.15) is 0 Å². The molecule has 2 aliphatic rings. The van der Waals surface area contributed by atoms with Crippen LogP contribution in [0.5, 0.6) is 11.5 Å². The van der Waals surface area contributed by atoms with Crippen LogP contribution in [0.4, 0.5) is 0 Å². The number of hydrogen-bond donors (Lipinski definition) is 1. The summed E-state index contributed by atoms with van der Waals surface area (Å²) in [6, 6.07) is 12.7. The lowest BCUT2D eigenvalue weighted by Gasteiger charge is -2.31. The number of likely N-dealkylation sites (tertiary alicyclic amines) is 1. The highest BCUT2D eigenvalue weighted by atomic mass is 35.5. The molecule has 2 aromatic rings. The highest BCUT2D eigenvalue weighted by Gasteiger charge is 2.28. The van der Waals surface area contributed by atoms with Crippen LogP contribution >= 0.6 is 11.6 Å². The van der Waals surface area contributed by atoms with Crippen molar-refractivity contribution in [3.63, 3.8) is 0 Å². The number of ether oxygens (including phenoxy) is 2. The molecule has 2 aliphatic heterocycles. The molecule has 0 unspecified atom stereocenters. The molecule has 2 aromatic carbocycles. The van der Waals surface area contributed by atoms with Gasteiger partial charge in [-0.3, -0.25) is 9.59 Å². The number of piperidine rings is 1. The first-order valence-corrected chi connectivity index (χ1v) is 9.69. The quantitative estimate of drug-likeness (QED) is 0.855. The minimum absolute atomic E-state index is 0.0162. The van der Waals surface area contributed by atoms with Crippen LogP contribution in [-0.2, 0) is 11.3 Å². The van der Waals surface area contributed by atoms with Crippen molar-refractivity contribution < 1.29 is 19.1 Å². The van der Waals surface area contributed by atoms with Gasteiger partial charge in [0.05, 0.1) is 10.6 Å². The molecule has 0 aromatic heterocycles. The molecule has 6 nitrogen and oxygen atoms in total. The number of fused-ring (bicyclic) bond motifs is 1. The number of nitrogens with one attached hydrogen (secondary N) is 1. The third-order valence-electron chi connectivity index (χ3n) is 5.16. The lowest BCUT2D eigenvalue weighted by Crippen LogP contribution is -2.43. The van der Waals surface area contributed by atoms with Gasteiger partial charge < -0.3 is 19.7 Å². The summed E-state index contributed by atoms with van der Waals surface area (Å²) >= 11 is 6.12. The molecule has 0 bridgehead atoms. The number of nitrogens with zero attached hydrogens (tertiary/aromatic N) is 1. The van der Waals surface area contributed by atoms with E-state index in [1.54, 1.807) is 29.2 Å². The van der Waals surface area contributed by atoms with Crippen LogP contribution in [0.1, 0.15) is 28.8 Å². The number of hydrogen-bond acceptors (Lipinski definition) is 4. The lowest BCUT2D eigenvalue weighted by molar-refractivity contribution is -0.126. The molecule has 0 atom stereocenters. The largest absolute Gasteiger partial charge is 0.454 e. The van der Waals surface area contributed by atoms with E-state index in [1.165, 1.54) is 0 Å². The van der Waals surface area contributed by atoms with Gasteiger partial charge >= 0.3 is 0 Å². The third-order valence-corrected chi connectivity index (χ3v) is 5.49. The Morgan fingerprint density at radius 1 is 1.07 bits per heavy atom. The highest BCUT2D eigenvalue weighted by Crippen LogP contribution is 2.32.